The van der Waals surface area contributed by atoms with Crippen molar-refractivity contribution in [2.75, 3.05) is 59.7 Å². The summed E-state index contributed by atoms with van der Waals surface area (Å²) >= 11 is 0. The summed E-state index contributed by atoms with van der Waals surface area (Å²) in [5, 5.41) is 0. The van der Waals surface area contributed by atoms with Crippen LogP contribution in [0.5, 0.6) is 11.5 Å². The monoisotopic (exact) mass is 402 g/mol. The minimum Gasteiger partial charge on any atom is -0.493 e. The van der Waals surface area contributed by atoms with Crippen molar-refractivity contribution >= 4 is 0 Å². The van der Waals surface area contributed by atoms with Crippen molar-refractivity contribution in [2.45, 2.75) is 39.2 Å². The fourth-order valence-corrected chi connectivity index (χ4v) is 5.25. The molecule has 0 aromatic heterocycles. The molecule has 0 bridgehead atoms. The lowest BCUT2D eigenvalue weighted by Gasteiger charge is -2.26. The second-order valence-corrected chi connectivity index (χ2v) is 8.93. The molecule has 2 saturated heterocycles. The molecule has 3 atom stereocenters. The fraction of sp³-hybridized carbons (Fsp3) is 0.750. The van der Waals surface area contributed by atoms with Gasteiger partial charge in [-0.25, -0.2) is 0 Å². The molecule has 1 aromatic carbocycles. The molecule has 2 aliphatic heterocycles. The summed E-state index contributed by atoms with van der Waals surface area (Å²) in [5.41, 5.74) is 1.31. The van der Waals surface area contributed by atoms with E-state index < -0.39 is 0 Å². The lowest BCUT2D eigenvalue weighted by Crippen LogP contribution is -2.31. The molecule has 4 rings (SSSR count). The van der Waals surface area contributed by atoms with Gasteiger partial charge in [0.25, 0.3) is 0 Å². The third-order valence-corrected chi connectivity index (χ3v) is 6.90. The number of likely N-dealkylation sites (tertiary alicyclic amines) is 2. The van der Waals surface area contributed by atoms with Gasteiger partial charge in [-0.15, -0.1) is 0 Å². The normalized spacial score (nSPS) is 27.0. The first-order valence-electron chi connectivity index (χ1n) is 11.6. The molecule has 0 radical (unpaired) electrons. The average molecular weight is 403 g/mol. The van der Waals surface area contributed by atoms with Crippen LogP contribution >= 0.6 is 0 Å². The first kappa shape index (κ1) is 21.0. The van der Waals surface area contributed by atoms with Gasteiger partial charge in [0.2, 0.25) is 0 Å². The quantitative estimate of drug-likeness (QED) is 0.528. The first-order valence-corrected chi connectivity index (χ1v) is 11.6. The van der Waals surface area contributed by atoms with Crippen molar-refractivity contribution in [3.8, 4) is 11.5 Å². The Balaban J connectivity index is 1.12. The maximum Gasteiger partial charge on any atom is 0.161 e. The van der Waals surface area contributed by atoms with Crippen LogP contribution in [0.2, 0.25) is 0 Å². The highest BCUT2D eigenvalue weighted by Gasteiger charge is 2.55. The van der Waals surface area contributed by atoms with E-state index in [-0.39, 0.29) is 0 Å². The first-order chi connectivity index (χ1) is 14.3. The van der Waals surface area contributed by atoms with Crippen LogP contribution in [0, 0.1) is 17.8 Å². The van der Waals surface area contributed by atoms with Gasteiger partial charge in [-0.1, -0.05) is 12.5 Å². The highest BCUT2D eigenvalue weighted by Crippen LogP contribution is 2.52. The lowest BCUT2D eigenvalue weighted by atomic mass is 10.1. The standard InChI is InChI=1S/C24H38N2O3/c1-3-29-24-14-19(8-9-23(24)27-2)15-26-16-20-21(17-26)22(20)18-28-13-7-12-25-10-5-4-6-11-25/h8-9,14,20-22H,3-7,10-13,15-18H2,1-2H3/t20-,21+,22-. The minimum atomic E-state index is 0.660. The number of hydrogen-bond acceptors (Lipinski definition) is 5. The van der Waals surface area contributed by atoms with Crippen LogP contribution in [0.25, 0.3) is 0 Å². The summed E-state index contributed by atoms with van der Waals surface area (Å²) in [6, 6.07) is 6.32. The molecule has 5 nitrogen and oxygen atoms in total. The number of rotatable bonds is 11. The summed E-state index contributed by atoms with van der Waals surface area (Å²) < 4.78 is 17.1. The van der Waals surface area contributed by atoms with Crippen LogP contribution in [0.15, 0.2) is 18.2 Å². The molecule has 3 aliphatic rings. The van der Waals surface area contributed by atoms with Crippen molar-refractivity contribution in [1.82, 2.24) is 9.80 Å². The van der Waals surface area contributed by atoms with Crippen LogP contribution in [0.3, 0.4) is 0 Å². The van der Waals surface area contributed by atoms with Crippen molar-refractivity contribution in [3.05, 3.63) is 23.8 Å². The van der Waals surface area contributed by atoms with Gasteiger partial charge in [0.05, 0.1) is 20.3 Å². The van der Waals surface area contributed by atoms with Crippen LogP contribution in [-0.4, -0.2) is 69.5 Å². The van der Waals surface area contributed by atoms with E-state index in [2.05, 4.69) is 21.9 Å². The molecule has 29 heavy (non-hydrogen) atoms. The molecule has 1 aliphatic carbocycles. The Morgan fingerprint density at radius 2 is 1.79 bits per heavy atom. The van der Waals surface area contributed by atoms with Gasteiger partial charge in [0.15, 0.2) is 11.5 Å². The molecule has 0 unspecified atom stereocenters. The minimum absolute atomic E-state index is 0.660. The van der Waals surface area contributed by atoms with Crippen LogP contribution < -0.4 is 9.47 Å². The number of ether oxygens (including phenoxy) is 3. The zero-order valence-corrected chi connectivity index (χ0v) is 18.3. The molecule has 3 fully saturated rings. The Kier molecular flexibility index (Phi) is 7.33. The molecular formula is C24H38N2O3. The molecule has 5 heteroatoms. The van der Waals surface area contributed by atoms with Gasteiger partial charge in [-0.05, 0) is 74.7 Å². The largest absolute Gasteiger partial charge is 0.493 e. The maximum absolute atomic E-state index is 6.03. The number of piperidine rings is 2. The fourth-order valence-electron chi connectivity index (χ4n) is 5.25. The Bertz CT molecular complexity index is 635. The molecule has 162 valence electrons. The van der Waals surface area contributed by atoms with Crippen molar-refractivity contribution in [3.63, 3.8) is 0 Å². The van der Waals surface area contributed by atoms with E-state index in [0.717, 1.165) is 49.0 Å². The number of hydrogen-bond donors (Lipinski definition) is 0. The lowest BCUT2D eigenvalue weighted by molar-refractivity contribution is 0.0967. The predicted molar refractivity (Wildman–Crippen MR) is 116 cm³/mol. The Hall–Kier alpha value is -1.30. The highest BCUT2D eigenvalue weighted by molar-refractivity contribution is 5.43. The summed E-state index contributed by atoms with van der Waals surface area (Å²) in [6.45, 7) is 11.8. The van der Waals surface area contributed by atoms with Crippen molar-refractivity contribution in [1.29, 1.82) is 0 Å². The van der Waals surface area contributed by atoms with Gasteiger partial charge in [0.1, 0.15) is 0 Å². The smallest absolute Gasteiger partial charge is 0.161 e. The average Bonchev–Trinajstić information content (AvgIpc) is 3.19. The molecule has 0 N–H and O–H groups in total. The zero-order valence-electron chi connectivity index (χ0n) is 18.3. The molecule has 0 spiro atoms. The second kappa shape index (κ2) is 10.1. The summed E-state index contributed by atoms with van der Waals surface area (Å²) in [7, 11) is 1.70. The Morgan fingerprint density at radius 1 is 1.00 bits per heavy atom. The SMILES string of the molecule is CCOc1cc(CN2C[C@@H]3[C@H](COCCCN4CCCCC4)[C@@H]3C2)ccc1OC. The number of fused-ring (bicyclic) bond motifs is 1. The van der Waals surface area contributed by atoms with Gasteiger partial charge in [-0.2, -0.15) is 0 Å². The van der Waals surface area contributed by atoms with Crippen molar-refractivity contribution in [2.24, 2.45) is 17.8 Å². The third kappa shape index (κ3) is 5.44. The van der Waals surface area contributed by atoms with Crippen LogP contribution in [-0.2, 0) is 11.3 Å². The van der Waals surface area contributed by atoms with E-state index in [9.17, 15) is 0 Å². The maximum atomic E-state index is 6.03. The van der Waals surface area contributed by atoms with E-state index in [1.807, 2.05) is 13.0 Å². The van der Waals surface area contributed by atoms with E-state index in [1.54, 1.807) is 7.11 Å². The summed E-state index contributed by atoms with van der Waals surface area (Å²) in [4.78, 5) is 5.19. The zero-order chi connectivity index (χ0) is 20.1. The van der Waals surface area contributed by atoms with Gasteiger partial charge >= 0.3 is 0 Å². The summed E-state index contributed by atoms with van der Waals surface area (Å²) in [6.07, 6.45) is 5.37. The highest BCUT2D eigenvalue weighted by atomic mass is 16.5. The molecule has 0 amide bonds. The number of nitrogens with zero attached hydrogens (tertiary/aromatic N) is 2. The molecular weight excluding hydrogens is 364 g/mol. The van der Waals surface area contributed by atoms with Gasteiger partial charge in [0, 0.05) is 32.8 Å². The summed E-state index contributed by atoms with van der Waals surface area (Å²) in [5.74, 6) is 4.17. The van der Waals surface area contributed by atoms with Crippen LogP contribution in [0.1, 0.15) is 38.2 Å². The van der Waals surface area contributed by atoms with E-state index in [0.29, 0.717) is 6.61 Å². The Morgan fingerprint density at radius 3 is 2.52 bits per heavy atom. The molecule has 1 saturated carbocycles. The van der Waals surface area contributed by atoms with E-state index >= 15 is 0 Å². The Labute approximate surface area is 176 Å². The van der Waals surface area contributed by atoms with Crippen LogP contribution in [0.4, 0.5) is 0 Å². The number of methoxy groups -OCH3 is 1. The second-order valence-electron chi connectivity index (χ2n) is 8.93. The van der Waals surface area contributed by atoms with E-state index in [4.69, 9.17) is 14.2 Å². The van der Waals surface area contributed by atoms with E-state index in [1.165, 1.54) is 64.0 Å². The topological polar surface area (TPSA) is 34.2 Å². The predicted octanol–water partition coefficient (Wildman–Crippen LogP) is 3.66. The van der Waals surface area contributed by atoms with Gasteiger partial charge < -0.3 is 19.1 Å². The third-order valence-electron chi connectivity index (χ3n) is 6.90. The number of benzene rings is 1. The molecule has 1 aromatic rings. The van der Waals surface area contributed by atoms with Crippen molar-refractivity contribution < 1.29 is 14.2 Å². The molecule has 2 heterocycles. The van der Waals surface area contributed by atoms with Gasteiger partial charge in [-0.3, -0.25) is 4.90 Å².